The fourth-order valence-electron chi connectivity index (χ4n) is 4.55. The number of halogens is 2. The van der Waals surface area contributed by atoms with Crippen LogP contribution < -0.4 is 24.8 Å². The molecule has 0 spiro atoms. The Kier molecular flexibility index (Phi) is 11.2. The molecule has 1 aliphatic rings. The number of pyridine rings is 1. The van der Waals surface area contributed by atoms with Gasteiger partial charge in [-0.15, -0.1) is 0 Å². The van der Waals surface area contributed by atoms with Crippen LogP contribution in [-0.2, 0) is 14.4 Å². The number of carboxylic acids is 1. The molecule has 45 heavy (non-hydrogen) atoms. The van der Waals surface area contributed by atoms with Crippen LogP contribution in [0.2, 0.25) is 0 Å². The van der Waals surface area contributed by atoms with E-state index < -0.39 is 34.8 Å². The van der Waals surface area contributed by atoms with Crippen molar-refractivity contribution in [1.29, 1.82) is 0 Å². The molecule has 0 unspecified atom stereocenters. The van der Waals surface area contributed by atoms with Crippen molar-refractivity contribution in [3.05, 3.63) is 78.5 Å². The van der Waals surface area contributed by atoms with Crippen LogP contribution in [0.15, 0.2) is 66.9 Å². The van der Waals surface area contributed by atoms with Gasteiger partial charge in [-0.05, 0) is 74.2 Å². The second-order valence-electron chi connectivity index (χ2n) is 10.3. The number of methoxy groups -OCH3 is 1. The number of rotatable bonds is 13. The Morgan fingerprint density at radius 1 is 0.889 bits per heavy atom. The molecule has 2 amide bonds. The first-order valence-corrected chi connectivity index (χ1v) is 13.9. The number of hydrogen-bond donors (Lipinski definition) is 3. The van der Waals surface area contributed by atoms with E-state index in [9.17, 15) is 18.8 Å². The maximum absolute atomic E-state index is 15.2. The molecule has 1 aromatic heterocycles. The average molecular weight is 648 g/mol. The molecule has 10 nitrogen and oxygen atoms in total. The van der Waals surface area contributed by atoms with Gasteiger partial charge in [0.05, 0.1) is 19.2 Å². The summed E-state index contributed by atoms with van der Waals surface area (Å²) in [6, 6.07) is 14.0. The minimum absolute atomic E-state index is 0. The molecule has 1 saturated carbocycles. The maximum Gasteiger partial charge on any atom is 2.00 e. The summed E-state index contributed by atoms with van der Waals surface area (Å²) in [6.07, 6.45) is 3.23. The zero-order valence-electron chi connectivity index (χ0n) is 26.4. The van der Waals surface area contributed by atoms with Gasteiger partial charge >= 0.3 is 43.7 Å². The average Bonchev–Trinajstić information content (AvgIpc) is 3.82. The molecule has 4 aromatic rings. The Morgan fingerprint density at radius 3 is 2.22 bits per heavy atom. The molecule has 232 valence electrons. The first kappa shape index (κ1) is 33.9. The van der Waals surface area contributed by atoms with Gasteiger partial charge in [0.15, 0.2) is 23.1 Å². The molecule has 0 radical (unpaired) electrons. The van der Waals surface area contributed by atoms with E-state index in [-0.39, 0.29) is 58.4 Å². The van der Waals surface area contributed by atoms with Gasteiger partial charge in [-0.3, -0.25) is 19.4 Å². The normalized spacial score (nSPS) is 12.9. The van der Waals surface area contributed by atoms with Crippen LogP contribution in [0.3, 0.4) is 0 Å². The molecule has 13 heteroatoms. The third-order valence-corrected chi connectivity index (χ3v) is 7.16. The number of unbranched alkanes of at least 4 members (excludes halogenated alkanes) is 1. The van der Waals surface area contributed by atoms with Crippen LogP contribution in [0.5, 0.6) is 23.0 Å². The van der Waals surface area contributed by atoms with Crippen molar-refractivity contribution in [1.82, 2.24) is 4.98 Å². The van der Waals surface area contributed by atoms with Gasteiger partial charge in [-0.2, -0.15) is 0 Å². The van der Waals surface area contributed by atoms with E-state index in [4.69, 9.17) is 19.3 Å². The third-order valence-electron chi connectivity index (χ3n) is 7.16. The van der Waals surface area contributed by atoms with Gasteiger partial charge in [0, 0.05) is 41.5 Å². The van der Waals surface area contributed by atoms with Crippen molar-refractivity contribution in [2.75, 3.05) is 24.4 Å². The number of benzene rings is 3. The Labute approximate surface area is 290 Å². The number of fused-ring (bicyclic) bond motifs is 1. The molecule has 3 N–H and O–H groups in total. The van der Waals surface area contributed by atoms with Crippen molar-refractivity contribution >= 4 is 77.8 Å². The summed E-state index contributed by atoms with van der Waals surface area (Å²) >= 11 is 0. The fourth-order valence-corrected chi connectivity index (χ4v) is 4.55. The third kappa shape index (κ3) is 8.19. The number of aliphatic carboxylic acids is 1. The summed E-state index contributed by atoms with van der Waals surface area (Å²) in [4.78, 5) is 40.8. The van der Waals surface area contributed by atoms with E-state index in [1.54, 1.807) is 18.2 Å². The maximum atomic E-state index is 15.2. The van der Waals surface area contributed by atoms with Gasteiger partial charge in [0.2, 0.25) is 11.8 Å². The fraction of sp³-hybridized carbons (Fsp3) is 0.250. The van der Waals surface area contributed by atoms with E-state index in [1.165, 1.54) is 49.7 Å². The van der Waals surface area contributed by atoms with Crippen LogP contribution in [0.25, 0.3) is 10.9 Å². The number of nitrogens with one attached hydrogen (secondary N) is 2. The zero-order chi connectivity index (χ0) is 31.3. The number of carbonyl (C=O) groups excluding carboxylic acids is 2. The molecular weight excluding hydrogens is 616 g/mol. The number of amides is 2. The van der Waals surface area contributed by atoms with Crippen LogP contribution >= 0.6 is 0 Å². The molecular formula is C32H31CaF2N3O7. The standard InChI is InChI=1S/C32H29F2N3O7.Ca.2H/c1-42-27-17-22-24(18-28(27)43-15-3-2-4-29(38)39)35-14-11-25(22)44-26-10-9-21(16-23(26)34)37-31(41)32(12-13-32)30(40)36-20-7-5-19(33)6-8-20;;;/h5-11,14,16-18H,2-4,12-13,15H2,1H3,(H,36,40)(H,37,41)(H,38,39);;;/q;+2;2*-1. The van der Waals surface area contributed by atoms with Crippen molar-refractivity contribution < 1.29 is 45.3 Å². The second kappa shape index (κ2) is 14.9. The summed E-state index contributed by atoms with van der Waals surface area (Å²) in [5, 5.41) is 14.5. The molecule has 0 saturated heterocycles. The van der Waals surface area contributed by atoms with Crippen LogP contribution in [0.4, 0.5) is 20.2 Å². The summed E-state index contributed by atoms with van der Waals surface area (Å²) in [5.74, 6) is -2.15. The van der Waals surface area contributed by atoms with Crippen molar-refractivity contribution in [2.24, 2.45) is 5.41 Å². The molecule has 0 atom stereocenters. The van der Waals surface area contributed by atoms with Gasteiger partial charge in [0.1, 0.15) is 17.0 Å². The van der Waals surface area contributed by atoms with E-state index >= 15 is 4.39 Å². The van der Waals surface area contributed by atoms with E-state index in [0.29, 0.717) is 66.1 Å². The topological polar surface area (TPSA) is 136 Å². The summed E-state index contributed by atoms with van der Waals surface area (Å²) in [7, 11) is 1.47. The Bertz CT molecular complexity index is 1730. The molecule has 1 aliphatic carbocycles. The minimum Gasteiger partial charge on any atom is -1.00 e. The van der Waals surface area contributed by atoms with Gasteiger partial charge in [-0.25, -0.2) is 8.78 Å². The number of carboxylic acid groups (broad SMARTS) is 1. The smallest absolute Gasteiger partial charge is 1.00 e. The van der Waals surface area contributed by atoms with E-state index in [2.05, 4.69) is 15.6 Å². The predicted molar refractivity (Wildman–Crippen MR) is 165 cm³/mol. The number of ether oxygens (including phenoxy) is 3. The number of nitrogens with zero attached hydrogens (tertiary/aromatic N) is 1. The number of carbonyl (C=O) groups is 3. The minimum atomic E-state index is -1.30. The summed E-state index contributed by atoms with van der Waals surface area (Å²) < 4.78 is 45.4. The molecule has 0 aliphatic heterocycles. The van der Waals surface area contributed by atoms with Gasteiger partial charge in [0.25, 0.3) is 0 Å². The first-order chi connectivity index (χ1) is 21.2. The monoisotopic (exact) mass is 647 g/mol. The van der Waals surface area contributed by atoms with Crippen LogP contribution in [-0.4, -0.2) is 79.3 Å². The molecule has 1 heterocycles. The van der Waals surface area contributed by atoms with Crippen molar-refractivity contribution in [3.63, 3.8) is 0 Å². The largest absolute Gasteiger partial charge is 2.00 e. The zero-order valence-corrected chi connectivity index (χ0v) is 26.6. The van der Waals surface area contributed by atoms with E-state index in [1.807, 2.05) is 0 Å². The predicted octanol–water partition coefficient (Wildman–Crippen LogP) is 6.15. The summed E-state index contributed by atoms with van der Waals surface area (Å²) in [6.45, 7) is 0.291. The number of hydrogen-bond acceptors (Lipinski definition) is 7. The van der Waals surface area contributed by atoms with Crippen LogP contribution in [0, 0.1) is 17.0 Å². The molecule has 5 rings (SSSR count). The number of anilines is 2. The van der Waals surface area contributed by atoms with Crippen LogP contribution in [0.1, 0.15) is 35.0 Å². The van der Waals surface area contributed by atoms with Gasteiger partial charge in [-0.1, -0.05) is 0 Å². The Balaban J connectivity index is 0.00000256. The van der Waals surface area contributed by atoms with E-state index in [0.717, 1.165) is 6.07 Å². The quantitative estimate of drug-likeness (QED) is 0.0894. The molecule has 1 fully saturated rings. The molecule has 3 aromatic carbocycles. The van der Waals surface area contributed by atoms with Crippen molar-refractivity contribution in [3.8, 4) is 23.0 Å². The number of aromatic nitrogens is 1. The first-order valence-electron chi connectivity index (χ1n) is 13.9. The second-order valence-corrected chi connectivity index (χ2v) is 10.3. The SMILES string of the molecule is COc1cc2c(Oc3ccc(NC(=O)C4(C(=O)Nc5ccc(F)cc5)CC4)cc3F)ccnc2cc1OCCCCC(=O)O.[Ca+2].[H-].[H-]. The summed E-state index contributed by atoms with van der Waals surface area (Å²) in [5.41, 5.74) is -0.286. The van der Waals surface area contributed by atoms with Gasteiger partial charge < -0.3 is 32.8 Å². The Morgan fingerprint density at radius 2 is 1.58 bits per heavy atom. The van der Waals surface area contributed by atoms with Crippen molar-refractivity contribution in [2.45, 2.75) is 32.1 Å². The molecule has 0 bridgehead atoms. The Hall–Kier alpha value is -4.00.